The number of aromatic carboxylic acids is 1. The smallest absolute Gasteiger partial charge is 0.357 e. The third-order valence-electron chi connectivity index (χ3n) is 2.58. The Balaban J connectivity index is 2.71. The number of hydrogen-bond acceptors (Lipinski definition) is 3. The molecule has 94 valence electrons. The number of methoxy groups -OCH3 is 1. The SMILES string of the molecule is COc1ccc(F)cc1-c1c(C(=O)O)n[nH]c1C. The van der Waals surface area contributed by atoms with Crippen molar-refractivity contribution in [2.75, 3.05) is 7.11 Å². The number of benzene rings is 1. The summed E-state index contributed by atoms with van der Waals surface area (Å²) in [5, 5.41) is 15.3. The van der Waals surface area contributed by atoms with Crippen LogP contribution in [0.4, 0.5) is 4.39 Å². The van der Waals surface area contributed by atoms with Gasteiger partial charge in [0.05, 0.1) is 7.11 Å². The number of hydrogen-bond donors (Lipinski definition) is 2. The lowest BCUT2D eigenvalue weighted by Crippen LogP contribution is -2.00. The molecule has 1 aromatic carbocycles. The number of halogens is 1. The molecule has 1 heterocycles. The number of carboxylic acid groups (broad SMARTS) is 1. The minimum absolute atomic E-state index is 0.156. The van der Waals surface area contributed by atoms with Gasteiger partial charge in [-0.15, -0.1) is 0 Å². The van der Waals surface area contributed by atoms with Gasteiger partial charge in [-0.1, -0.05) is 0 Å². The fraction of sp³-hybridized carbons (Fsp3) is 0.167. The van der Waals surface area contributed by atoms with Crippen LogP contribution in [0.5, 0.6) is 5.75 Å². The molecule has 2 aromatic rings. The first kappa shape index (κ1) is 12.1. The van der Waals surface area contributed by atoms with Crippen molar-refractivity contribution >= 4 is 5.97 Å². The fourth-order valence-corrected chi connectivity index (χ4v) is 1.79. The number of carbonyl (C=O) groups is 1. The number of aromatic amines is 1. The van der Waals surface area contributed by atoms with Crippen molar-refractivity contribution in [3.05, 3.63) is 35.4 Å². The molecule has 0 saturated heterocycles. The highest BCUT2D eigenvalue weighted by Crippen LogP contribution is 2.34. The van der Waals surface area contributed by atoms with Crippen LogP contribution in [0.15, 0.2) is 18.2 Å². The highest BCUT2D eigenvalue weighted by Gasteiger charge is 2.21. The van der Waals surface area contributed by atoms with Crippen LogP contribution in [0.1, 0.15) is 16.2 Å². The molecular formula is C12H11FN2O3. The van der Waals surface area contributed by atoms with Crippen molar-refractivity contribution in [3.8, 4) is 16.9 Å². The molecule has 0 amide bonds. The molecule has 0 radical (unpaired) electrons. The standard InChI is InChI=1S/C12H11FN2O3/c1-6-10(11(12(16)17)15-14-6)8-5-7(13)3-4-9(8)18-2/h3-5H,1-2H3,(H,14,15)(H,16,17). The maximum Gasteiger partial charge on any atom is 0.357 e. The van der Waals surface area contributed by atoms with Crippen LogP contribution in [0.2, 0.25) is 0 Å². The number of aromatic nitrogens is 2. The Labute approximate surface area is 102 Å². The molecule has 18 heavy (non-hydrogen) atoms. The van der Waals surface area contributed by atoms with E-state index in [4.69, 9.17) is 9.84 Å². The van der Waals surface area contributed by atoms with Crippen LogP contribution in [0, 0.1) is 12.7 Å². The number of H-pyrrole nitrogens is 1. The largest absolute Gasteiger partial charge is 0.496 e. The molecule has 0 bridgehead atoms. The third-order valence-corrected chi connectivity index (χ3v) is 2.58. The van der Waals surface area contributed by atoms with Crippen molar-refractivity contribution < 1.29 is 19.0 Å². The van der Waals surface area contributed by atoms with E-state index >= 15 is 0 Å². The van der Waals surface area contributed by atoms with Crippen LogP contribution in [0.3, 0.4) is 0 Å². The zero-order valence-electron chi connectivity index (χ0n) is 9.82. The third kappa shape index (κ3) is 1.92. The molecule has 5 nitrogen and oxygen atoms in total. The topological polar surface area (TPSA) is 75.2 Å². The van der Waals surface area contributed by atoms with Gasteiger partial charge < -0.3 is 9.84 Å². The fourth-order valence-electron chi connectivity index (χ4n) is 1.79. The number of nitrogens with one attached hydrogen (secondary N) is 1. The lowest BCUT2D eigenvalue weighted by molar-refractivity contribution is 0.0691. The molecule has 6 heteroatoms. The Morgan fingerprint density at radius 1 is 1.50 bits per heavy atom. The van der Waals surface area contributed by atoms with Crippen molar-refractivity contribution in [2.24, 2.45) is 0 Å². The molecule has 2 rings (SSSR count). The Kier molecular flexibility index (Phi) is 3.01. The number of carboxylic acids is 1. The molecule has 0 aliphatic heterocycles. The quantitative estimate of drug-likeness (QED) is 0.875. The monoisotopic (exact) mass is 250 g/mol. The van der Waals surface area contributed by atoms with Gasteiger partial charge in [-0.05, 0) is 25.1 Å². The Bertz CT molecular complexity index is 607. The minimum atomic E-state index is -1.18. The number of rotatable bonds is 3. The molecule has 0 fully saturated rings. The van der Waals surface area contributed by atoms with Gasteiger partial charge in [0, 0.05) is 16.8 Å². The molecule has 0 aliphatic carbocycles. The van der Waals surface area contributed by atoms with Crippen LogP contribution >= 0.6 is 0 Å². The molecule has 1 aromatic heterocycles. The Morgan fingerprint density at radius 2 is 2.22 bits per heavy atom. The van der Waals surface area contributed by atoms with Crippen LogP contribution in [-0.2, 0) is 0 Å². The van der Waals surface area contributed by atoms with Crippen molar-refractivity contribution in [2.45, 2.75) is 6.92 Å². The first-order chi connectivity index (χ1) is 8.54. The van der Waals surface area contributed by atoms with Crippen LogP contribution < -0.4 is 4.74 Å². The summed E-state index contributed by atoms with van der Waals surface area (Å²) in [5.41, 5.74) is 1.08. The van der Waals surface area contributed by atoms with Gasteiger partial charge in [-0.3, -0.25) is 5.10 Å². The van der Waals surface area contributed by atoms with E-state index in [1.54, 1.807) is 6.92 Å². The second kappa shape index (κ2) is 4.48. The Hall–Kier alpha value is -2.37. The highest BCUT2D eigenvalue weighted by atomic mass is 19.1. The lowest BCUT2D eigenvalue weighted by atomic mass is 10.0. The van der Waals surface area contributed by atoms with Gasteiger partial charge in [0.1, 0.15) is 11.6 Å². The average Bonchev–Trinajstić information content (AvgIpc) is 2.71. The van der Waals surface area contributed by atoms with Gasteiger partial charge in [0.2, 0.25) is 0 Å². The summed E-state index contributed by atoms with van der Waals surface area (Å²) in [6, 6.07) is 3.92. The van der Waals surface area contributed by atoms with E-state index in [1.165, 1.54) is 25.3 Å². The van der Waals surface area contributed by atoms with E-state index in [0.29, 0.717) is 22.6 Å². The lowest BCUT2D eigenvalue weighted by Gasteiger charge is -2.08. The van der Waals surface area contributed by atoms with Gasteiger partial charge in [-0.25, -0.2) is 9.18 Å². The zero-order chi connectivity index (χ0) is 13.3. The van der Waals surface area contributed by atoms with Crippen molar-refractivity contribution in [1.29, 1.82) is 0 Å². The maximum absolute atomic E-state index is 13.3. The van der Waals surface area contributed by atoms with Gasteiger partial charge in [-0.2, -0.15) is 5.10 Å². The minimum Gasteiger partial charge on any atom is -0.496 e. The van der Waals surface area contributed by atoms with Crippen molar-refractivity contribution in [3.63, 3.8) is 0 Å². The van der Waals surface area contributed by atoms with E-state index in [0.717, 1.165) is 0 Å². The summed E-state index contributed by atoms with van der Waals surface area (Å²) in [6.07, 6.45) is 0. The van der Waals surface area contributed by atoms with Crippen LogP contribution in [0.25, 0.3) is 11.1 Å². The number of nitrogens with zero attached hydrogens (tertiary/aromatic N) is 1. The summed E-state index contributed by atoms with van der Waals surface area (Å²) in [5.74, 6) is -1.26. The first-order valence-electron chi connectivity index (χ1n) is 5.16. The van der Waals surface area contributed by atoms with E-state index in [2.05, 4.69) is 10.2 Å². The summed E-state index contributed by atoms with van der Waals surface area (Å²) < 4.78 is 18.4. The normalized spacial score (nSPS) is 10.4. The molecule has 0 spiro atoms. The van der Waals surface area contributed by atoms with Crippen LogP contribution in [-0.4, -0.2) is 28.4 Å². The van der Waals surface area contributed by atoms with Crippen molar-refractivity contribution in [1.82, 2.24) is 10.2 Å². The first-order valence-corrected chi connectivity index (χ1v) is 5.16. The predicted octanol–water partition coefficient (Wildman–Crippen LogP) is 2.23. The molecule has 0 unspecified atom stereocenters. The van der Waals surface area contributed by atoms with Gasteiger partial charge >= 0.3 is 5.97 Å². The Morgan fingerprint density at radius 3 is 2.83 bits per heavy atom. The molecule has 0 saturated carbocycles. The molecule has 0 aliphatic rings. The van der Waals surface area contributed by atoms with E-state index in [-0.39, 0.29) is 5.69 Å². The number of ether oxygens (including phenoxy) is 1. The average molecular weight is 250 g/mol. The van der Waals surface area contributed by atoms with Gasteiger partial charge in [0.25, 0.3) is 0 Å². The predicted molar refractivity (Wildman–Crippen MR) is 62.2 cm³/mol. The van der Waals surface area contributed by atoms with E-state index < -0.39 is 11.8 Å². The second-order valence-electron chi connectivity index (χ2n) is 3.72. The van der Waals surface area contributed by atoms with E-state index in [1.807, 2.05) is 0 Å². The maximum atomic E-state index is 13.3. The highest BCUT2D eigenvalue weighted by molar-refractivity contribution is 5.95. The summed E-state index contributed by atoms with van der Waals surface area (Å²) in [4.78, 5) is 11.1. The summed E-state index contributed by atoms with van der Waals surface area (Å²) in [6.45, 7) is 1.67. The van der Waals surface area contributed by atoms with E-state index in [9.17, 15) is 9.18 Å². The molecular weight excluding hydrogens is 239 g/mol. The molecule has 2 N–H and O–H groups in total. The molecule has 0 atom stereocenters. The van der Waals surface area contributed by atoms with Gasteiger partial charge in [0.15, 0.2) is 5.69 Å². The second-order valence-corrected chi connectivity index (χ2v) is 3.72. The summed E-state index contributed by atoms with van der Waals surface area (Å²) >= 11 is 0. The number of aryl methyl sites for hydroxylation is 1. The summed E-state index contributed by atoms with van der Waals surface area (Å²) in [7, 11) is 1.44. The zero-order valence-corrected chi connectivity index (χ0v) is 9.82.